The van der Waals surface area contributed by atoms with Crippen LogP contribution in [0.3, 0.4) is 0 Å². The van der Waals surface area contributed by atoms with Gasteiger partial charge in [-0.05, 0) is 42.7 Å². The smallest absolute Gasteiger partial charge is 0.287 e. The molecule has 0 aliphatic carbocycles. The number of furan rings is 1. The first-order chi connectivity index (χ1) is 15.6. The van der Waals surface area contributed by atoms with Gasteiger partial charge in [-0.15, -0.1) is 0 Å². The zero-order valence-electron chi connectivity index (χ0n) is 18.6. The number of fused-ring (bicyclic) bond motifs is 1. The molecule has 4 aromatic rings. The highest BCUT2D eigenvalue weighted by molar-refractivity contribution is 5.98. The van der Waals surface area contributed by atoms with E-state index in [1.54, 1.807) is 13.2 Å². The minimum absolute atomic E-state index is 0.133. The van der Waals surface area contributed by atoms with Gasteiger partial charge < -0.3 is 19.8 Å². The molecule has 0 aliphatic rings. The van der Waals surface area contributed by atoms with E-state index >= 15 is 0 Å². The molecule has 2 unspecified atom stereocenters. The van der Waals surface area contributed by atoms with Gasteiger partial charge in [0.1, 0.15) is 0 Å². The predicted molar refractivity (Wildman–Crippen MR) is 127 cm³/mol. The van der Waals surface area contributed by atoms with E-state index in [0.717, 1.165) is 16.5 Å². The Bertz CT molecular complexity index is 1190. The molecule has 0 fully saturated rings. The molecule has 1 amide bonds. The fourth-order valence-corrected chi connectivity index (χ4v) is 3.80. The van der Waals surface area contributed by atoms with Gasteiger partial charge in [0, 0.05) is 18.0 Å². The van der Waals surface area contributed by atoms with Gasteiger partial charge in [-0.2, -0.15) is 0 Å². The minimum atomic E-state index is -0.254. The number of rotatable bonds is 8. The number of amides is 1. The molecule has 164 valence electrons. The fourth-order valence-electron chi connectivity index (χ4n) is 3.80. The lowest BCUT2D eigenvalue weighted by Crippen LogP contribution is -2.26. The van der Waals surface area contributed by atoms with E-state index in [2.05, 4.69) is 29.7 Å². The van der Waals surface area contributed by atoms with Crippen LogP contribution in [0.4, 0.5) is 0 Å². The topological polar surface area (TPSA) is 63.5 Å². The van der Waals surface area contributed by atoms with Crippen molar-refractivity contribution in [1.29, 1.82) is 0 Å². The summed E-state index contributed by atoms with van der Waals surface area (Å²) in [6, 6.07) is 25.9. The van der Waals surface area contributed by atoms with Crippen LogP contribution in [-0.4, -0.2) is 13.0 Å². The van der Waals surface area contributed by atoms with E-state index in [9.17, 15) is 4.79 Å². The SMILES string of the molecule is COc1ccc(CNC(C)c2ccccc2)c2cc(C(=O)NC(C)c3ccccc3)oc12. The summed E-state index contributed by atoms with van der Waals surface area (Å²) in [5.41, 5.74) is 3.88. The number of methoxy groups -OCH3 is 1. The average molecular weight is 429 g/mol. The highest BCUT2D eigenvalue weighted by Crippen LogP contribution is 2.32. The number of carbonyl (C=O) groups is 1. The lowest BCUT2D eigenvalue weighted by Gasteiger charge is -2.15. The van der Waals surface area contributed by atoms with Crippen molar-refractivity contribution >= 4 is 16.9 Å². The minimum Gasteiger partial charge on any atom is -0.493 e. The third kappa shape index (κ3) is 4.68. The van der Waals surface area contributed by atoms with Crippen LogP contribution in [0, 0.1) is 0 Å². The summed E-state index contributed by atoms with van der Waals surface area (Å²) in [7, 11) is 1.60. The normalized spacial score (nSPS) is 13.0. The molecule has 3 aromatic carbocycles. The third-order valence-corrected chi connectivity index (χ3v) is 5.73. The van der Waals surface area contributed by atoms with E-state index in [-0.39, 0.29) is 23.8 Å². The van der Waals surface area contributed by atoms with Crippen LogP contribution in [0.2, 0.25) is 0 Å². The Balaban J connectivity index is 1.55. The molecule has 1 heterocycles. The van der Waals surface area contributed by atoms with Crippen LogP contribution in [-0.2, 0) is 6.54 Å². The fraction of sp³-hybridized carbons (Fsp3) is 0.222. The number of nitrogens with one attached hydrogen (secondary N) is 2. The lowest BCUT2D eigenvalue weighted by molar-refractivity contribution is 0.0914. The first-order valence-electron chi connectivity index (χ1n) is 10.8. The zero-order chi connectivity index (χ0) is 22.5. The molecule has 0 radical (unpaired) electrons. The molecule has 4 rings (SSSR count). The van der Waals surface area contributed by atoms with Crippen LogP contribution >= 0.6 is 0 Å². The van der Waals surface area contributed by atoms with E-state index in [4.69, 9.17) is 9.15 Å². The Hall–Kier alpha value is -3.57. The quantitative estimate of drug-likeness (QED) is 0.373. The molecule has 2 atom stereocenters. The van der Waals surface area contributed by atoms with Crippen LogP contribution in [0.25, 0.3) is 11.0 Å². The molecule has 1 aromatic heterocycles. The molecule has 5 nitrogen and oxygen atoms in total. The van der Waals surface area contributed by atoms with Crippen LogP contribution in [0.5, 0.6) is 5.75 Å². The van der Waals surface area contributed by atoms with E-state index in [1.807, 2.05) is 67.6 Å². The van der Waals surface area contributed by atoms with Crippen molar-refractivity contribution in [3.63, 3.8) is 0 Å². The van der Waals surface area contributed by atoms with E-state index in [0.29, 0.717) is 17.9 Å². The second kappa shape index (κ2) is 9.71. The van der Waals surface area contributed by atoms with Crippen molar-refractivity contribution in [2.75, 3.05) is 7.11 Å². The average Bonchev–Trinajstić information content (AvgIpc) is 3.29. The summed E-state index contributed by atoms with van der Waals surface area (Å²) in [5, 5.41) is 7.44. The maximum Gasteiger partial charge on any atom is 0.287 e. The Morgan fingerprint density at radius 1 is 0.906 bits per heavy atom. The number of hydrogen-bond donors (Lipinski definition) is 2. The number of benzene rings is 3. The van der Waals surface area contributed by atoms with E-state index < -0.39 is 0 Å². The molecule has 0 saturated carbocycles. The van der Waals surface area contributed by atoms with Crippen LogP contribution in [0.15, 0.2) is 83.3 Å². The zero-order valence-corrected chi connectivity index (χ0v) is 18.6. The highest BCUT2D eigenvalue weighted by atomic mass is 16.5. The van der Waals surface area contributed by atoms with Crippen molar-refractivity contribution in [3.8, 4) is 5.75 Å². The molecule has 0 spiro atoms. The molecular weight excluding hydrogens is 400 g/mol. The highest BCUT2D eigenvalue weighted by Gasteiger charge is 2.19. The first kappa shape index (κ1) is 21.7. The second-order valence-corrected chi connectivity index (χ2v) is 7.90. The summed E-state index contributed by atoms with van der Waals surface area (Å²) in [6.07, 6.45) is 0. The van der Waals surface area contributed by atoms with Crippen molar-refractivity contribution in [3.05, 3.63) is 101 Å². The van der Waals surface area contributed by atoms with Gasteiger partial charge in [0.05, 0.1) is 13.2 Å². The molecule has 2 N–H and O–H groups in total. The van der Waals surface area contributed by atoms with Gasteiger partial charge in [0.25, 0.3) is 5.91 Å². The Morgan fingerprint density at radius 2 is 1.53 bits per heavy atom. The largest absolute Gasteiger partial charge is 0.493 e. The summed E-state index contributed by atoms with van der Waals surface area (Å²) in [4.78, 5) is 12.9. The second-order valence-electron chi connectivity index (χ2n) is 7.90. The summed E-state index contributed by atoms with van der Waals surface area (Å²) in [6.45, 7) is 4.73. The van der Waals surface area contributed by atoms with Gasteiger partial charge in [-0.1, -0.05) is 66.7 Å². The van der Waals surface area contributed by atoms with Gasteiger partial charge in [0.2, 0.25) is 0 Å². The molecule has 32 heavy (non-hydrogen) atoms. The third-order valence-electron chi connectivity index (χ3n) is 5.73. The van der Waals surface area contributed by atoms with Gasteiger partial charge in [-0.25, -0.2) is 0 Å². The van der Waals surface area contributed by atoms with Gasteiger partial charge in [-0.3, -0.25) is 4.79 Å². The number of carbonyl (C=O) groups excluding carboxylic acids is 1. The Labute approximate surface area is 188 Å². The first-order valence-corrected chi connectivity index (χ1v) is 10.8. The van der Waals surface area contributed by atoms with E-state index in [1.165, 1.54) is 5.56 Å². The number of hydrogen-bond acceptors (Lipinski definition) is 4. The standard InChI is InChI=1S/C27H28N2O3/c1-18(20-10-6-4-7-11-20)28-17-22-14-15-24(31-3)26-23(22)16-25(32-26)27(30)29-19(2)21-12-8-5-9-13-21/h4-16,18-19,28H,17H2,1-3H3,(H,29,30). The summed E-state index contributed by atoms with van der Waals surface area (Å²) < 4.78 is 11.4. The van der Waals surface area contributed by atoms with Crippen molar-refractivity contribution in [1.82, 2.24) is 10.6 Å². The predicted octanol–water partition coefficient (Wildman–Crippen LogP) is 5.78. The van der Waals surface area contributed by atoms with Crippen LogP contribution < -0.4 is 15.4 Å². The van der Waals surface area contributed by atoms with Crippen molar-refractivity contribution < 1.29 is 13.9 Å². The van der Waals surface area contributed by atoms with Gasteiger partial charge in [0.15, 0.2) is 17.1 Å². The lowest BCUT2D eigenvalue weighted by atomic mass is 10.1. The maximum absolute atomic E-state index is 12.9. The molecule has 5 heteroatoms. The maximum atomic E-state index is 12.9. The molecular formula is C27H28N2O3. The molecule has 0 aliphatic heterocycles. The monoisotopic (exact) mass is 428 g/mol. The Kier molecular flexibility index (Phi) is 6.57. The molecule has 0 bridgehead atoms. The molecule has 0 saturated heterocycles. The Morgan fingerprint density at radius 3 is 2.16 bits per heavy atom. The van der Waals surface area contributed by atoms with Crippen molar-refractivity contribution in [2.24, 2.45) is 0 Å². The number of ether oxygens (including phenoxy) is 1. The summed E-state index contributed by atoms with van der Waals surface area (Å²) in [5.74, 6) is 0.621. The van der Waals surface area contributed by atoms with Crippen molar-refractivity contribution in [2.45, 2.75) is 32.5 Å². The summed E-state index contributed by atoms with van der Waals surface area (Å²) >= 11 is 0. The van der Waals surface area contributed by atoms with Gasteiger partial charge >= 0.3 is 0 Å². The van der Waals surface area contributed by atoms with Crippen LogP contribution in [0.1, 0.15) is 53.2 Å².